The molecular weight excluding hydrogens is 443 g/mol. The molecule has 3 N–H and O–H groups in total. The number of thioether (sulfide) groups is 1. The number of nitrogens with zero attached hydrogens (tertiary/aromatic N) is 3. The minimum atomic E-state index is -4.90. The molecule has 1 amide bonds. The van der Waals surface area contributed by atoms with Crippen LogP contribution in [0.2, 0.25) is 0 Å². The van der Waals surface area contributed by atoms with Crippen molar-refractivity contribution in [3.05, 3.63) is 65.9 Å². The Morgan fingerprint density at radius 3 is 2.69 bits per heavy atom. The number of hydrogen-bond acceptors (Lipinski definition) is 6. The number of para-hydroxylation sites is 2. The van der Waals surface area contributed by atoms with Crippen molar-refractivity contribution in [1.82, 2.24) is 19.9 Å². The topological polar surface area (TPSA) is 94.5 Å². The van der Waals surface area contributed by atoms with Gasteiger partial charge in [-0.2, -0.15) is 5.10 Å². The van der Waals surface area contributed by atoms with Gasteiger partial charge in [-0.3, -0.25) is 4.79 Å². The van der Waals surface area contributed by atoms with Gasteiger partial charge in [-0.05, 0) is 24.3 Å². The summed E-state index contributed by atoms with van der Waals surface area (Å²) in [5, 5.41) is 8.68. The van der Waals surface area contributed by atoms with E-state index in [4.69, 9.17) is 5.73 Å². The highest BCUT2D eigenvalue weighted by Gasteiger charge is 2.32. The van der Waals surface area contributed by atoms with Gasteiger partial charge in [0.25, 0.3) is 5.91 Å². The number of nitrogens with two attached hydrogens (primary N) is 1. The number of benzene rings is 2. The molecule has 4 aromatic rings. The molecule has 0 aliphatic rings. The monoisotopic (exact) mass is 461 g/mol. The van der Waals surface area contributed by atoms with E-state index >= 15 is 0 Å². The predicted octanol–water partition coefficient (Wildman–Crippen LogP) is 3.76. The maximum atomic E-state index is 12.6. The van der Waals surface area contributed by atoms with E-state index in [2.05, 4.69) is 20.1 Å². The number of amides is 1. The summed E-state index contributed by atoms with van der Waals surface area (Å²) in [4.78, 5) is 17.2. The highest BCUT2D eigenvalue weighted by Crippen LogP contribution is 2.27. The second-order valence-corrected chi connectivity index (χ2v) is 7.77. The second kappa shape index (κ2) is 9.05. The van der Waals surface area contributed by atoms with Gasteiger partial charge < -0.3 is 15.8 Å². The van der Waals surface area contributed by atoms with Gasteiger partial charge in [0.05, 0.1) is 28.8 Å². The van der Waals surface area contributed by atoms with E-state index in [9.17, 15) is 18.0 Å². The molecule has 0 fully saturated rings. The number of rotatable bonds is 7. The highest BCUT2D eigenvalue weighted by atomic mass is 32.2. The fourth-order valence-electron chi connectivity index (χ4n) is 3.17. The average molecular weight is 461 g/mol. The summed E-state index contributed by atoms with van der Waals surface area (Å²) in [6, 6.07) is 14.6. The third-order valence-electron chi connectivity index (χ3n) is 4.47. The first-order valence-electron chi connectivity index (χ1n) is 9.59. The van der Waals surface area contributed by atoms with Gasteiger partial charge in [-0.1, -0.05) is 42.1 Å². The van der Waals surface area contributed by atoms with Crippen LogP contribution in [0.3, 0.4) is 0 Å². The van der Waals surface area contributed by atoms with Gasteiger partial charge in [-0.25, -0.2) is 9.50 Å². The van der Waals surface area contributed by atoms with Crippen molar-refractivity contribution in [2.75, 3.05) is 12.3 Å². The summed E-state index contributed by atoms with van der Waals surface area (Å²) in [5.74, 6) is -0.617. The fraction of sp³-hybridized carbons (Fsp3) is 0.190. The third kappa shape index (κ3) is 4.78. The van der Waals surface area contributed by atoms with Gasteiger partial charge in [-0.15, -0.1) is 13.2 Å². The number of hydrogen-bond donors (Lipinski definition) is 2. The van der Waals surface area contributed by atoms with Crippen molar-refractivity contribution in [3.63, 3.8) is 0 Å². The lowest BCUT2D eigenvalue weighted by Crippen LogP contribution is -2.25. The van der Waals surface area contributed by atoms with Crippen molar-refractivity contribution < 1.29 is 22.7 Å². The number of aromatic nitrogens is 3. The van der Waals surface area contributed by atoms with Crippen LogP contribution in [0, 0.1) is 0 Å². The van der Waals surface area contributed by atoms with Crippen LogP contribution >= 0.6 is 11.8 Å². The van der Waals surface area contributed by atoms with E-state index in [1.807, 2.05) is 30.3 Å². The Kier molecular flexibility index (Phi) is 6.19. The molecule has 166 valence electrons. The summed E-state index contributed by atoms with van der Waals surface area (Å²) in [5.41, 5.74) is 7.53. The van der Waals surface area contributed by atoms with Crippen LogP contribution in [0.25, 0.3) is 16.4 Å². The molecule has 0 aliphatic heterocycles. The van der Waals surface area contributed by atoms with Crippen LogP contribution in [0.1, 0.15) is 16.1 Å². The standard InChI is InChI=1S/C21H18F3N5O2S/c22-21(23,24)31-18-8-4-2-6-15(18)19(30)26-12-13-11-17-14-5-1-3-7-16(14)27-20(29(17)28-13)32-10-9-25/h1-8,11H,9-10,12,25H2,(H,26,30). The Morgan fingerprint density at radius 1 is 1.16 bits per heavy atom. The number of halogens is 3. The summed E-state index contributed by atoms with van der Waals surface area (Å²) < 4.78 is 43.5. The van der Waals surface area contributed by atoms with Gasteiger partial charge in [0.15, 0.2) is 5.16 Å². The summed E-state index contributed by atoms with van der Waals surface area (Å²) in [7, 11) is 0. The molecule has 0 saturated heterocycles. The molecule has 0 aliphatic carbocycles. The molecular formula is C21H18F3N5O2S. The largest absolute Gasteiger partial charge is 0.573 e. The molecule has 0 saturated carbocycles. The molecule has 0 bridgehead atoms. The summed E-state index contributed by atoms with van der Waals surface area (Å²) >= 11 is 1.46. The first-order chi connectivity index (χ1) is 15.4. The molecule has 2 aromatic carbocycles. The lowest BCUT2D eigenvalue weighted by Gasteiger charge is -2.12. The molecule has 2 aromatic heterocycles. The number of carbonyl (C=O) groups excluding carboxylic acids is 1. The molecule has 2 heterocycles. The van der Waals surface area contributed by atoms with E-state index in [0.29, 0.717) is 23.1 Å². The van der Waals surface area contributed by atoms with E-state index < -0.39 is 18.0 Å². The van der Waals surface area contributed by atoms with E-state index in [-0.39, 0.29) is 12.1 Å². The minimum absolute atomic E-state index is 0.0101. The number of ether oxygens (including phenoxy) is 1. The first-order valence-corrected chi connectivity index (χ1v) is 10.6. The lowest BCUT2D eigenvalue weighted by atomic mass is 10.2. The second-order valence-electron chi connectivity index (χ2n) is 6.71. The van der Waals surface area contributed by atoms with Crippen molar-refractivity contribution >= 4 is 34.1 Å². The minimum Gasteiger partial charge on any atom is -0.405 e. The SMILES string of the molecule is NCCSc1nc2ccccc2c2cc(CNC(=O)c3ccccc3OC(F)(F)F)nn12. The van der Waals surface area contributed by atoms with Gasteiger partial charge in [0.1, 0.15) is 5.75 Å². The zero-order valence-electron chi connectivity index (χ0n) is 16.6. The van der Waals surface area contributed by atoms with Crippen LogP contribution in [-0.2, 0) is 6.54 Å². The maximum Gasteiger partial charge on any atom is 0.573 e. The Hall–Kier alpha value is -3.31. The van der Waals surface area contributed by atoms with Gasteiger partial charge in [0, 0.05) is 17.7 Å². The van der Waals surface area contributed by atoms with Crippen LogP contribution in [0.4, 0.5) is 13.2 Å². The Bertz CT molecular complexity index is 1280. The van der Waals surface area contributed by atoms with Gasteiger partial charge >= 0.3 is 6.36 Å². The fourth-order valence-corrected chi connectivity index (χ4v) is 3.89. The lowest BCUT2D eigenvalue weighted by molar-refractivity contribution is -0.274. The summed E-state index contributed by atoms with van der Waals surface area (Å²) in [6.45, 7) is 0.487. The van der Waals surface area contributed by atoms with E-state index in [0.717, 1.165) is 22.5 Å². The van der Waals surface area contributed by atoms with Crippen molar-refractivity contribution in [2.24, 2.45) is 5.73 Å². The Balaban J connectivity index is 1.60. The third-order valence-corrected chi connectivity index (χ3v) is 5.44. The maximum absolute atomic E-state index is 12.6. The molecule has 0 atom stereocenters. The Morgan fingerprint density at radius 2 is 1.91 bits per heavy atom. The van der Waals surface area contributed by atoms with Crippen LogP contribution in [-0.4, -0.2) is 39.2 Å². The molecule has 32 heavy (non-hydrogen) atoms. The molecule has 0 spiro atoms. The quantitative estimate of drug-likeness (QED) is 0.322. The number of alkyl halides is 3. The molecule has 0 radical (unpaired) electrons. The van der Waals surface area contributed by atoms with Crippen molar-refractivity contribution in [1.29, 1.82) is 0 Å². The van der Waals surface area contributed by atoms with E-state index in [1.165, 1.54) is 30.0 Å². The first kappa shape index (κ1) is 21.9. The number of nitrogens with one attached hydrogen (secondary N) is 1. The predicted molar refractivity (Wildman–Crippen MR) is 115 cm³/mol. The van der Waals surface area contributed by atoms with Crippen LogP contribution in [0.5, 0.6) is 5.75 Å². The highest BCUT2D eigenvalue weighted by molar-refractivity contribution is 7.99. The molecule has 11 heteroatoms. The van der Waals surface area contributed by atoms with Crippen LogP contribution in [0.15, 0.2) is 59.8 Å². The number of fused-ring (bicyclic) bond motifs is 3. The Labute approximate surface area is 184 Å². The zero-order valence-corrected chi connectivity index (χ0v) is 17.4. The molecule has 7 nitrogen and oxygen atoms in total. The van der Waals surface area contributed by atoms with Crippen molar-refractivity contribution in [3.8, 4) is 5.75 Å². The number of carbonyl (C=O) groups is 1. The average Bonchev–Trinajstić information content (AvgIpc) is 3.20. The smallest absolute Gasteiger partial charge is 0.405 e. The molecule has 4 rings (SSSR count). The summed E-state index contributed by atoms with van der Waals surface area (Å²) in [6.07, 6.45) is -4.90. The van der Waals surface area contributed by atoms with Crippen molar-refractivity contribution in [2.45, 2.75) is 18.1 Å². The normalized spacial score (nSPS) is 11.8. The van der Waals surface area contributed by atoms with E-state index in [1.54, 1.807) is 4.52 Å². The van der Waals surface area contributed by atoms with Crippen LogP contribution < -0.4 is 15.8 Å². The molecule has 0 unspecified atom stereocenters. The zero-order chi connectivity index (χ0) is 22.7. The van der Waals surface area contributed by atoms with Gasteiger partial charge in [0.2, 0.25) is 0 Å².